The first kappa shape index (κ1) is 13.8. The second-order valence-corrected chi connectivity index (χ2v) is 6.35. The van der Waals surface area contributed by atoms with Crippen molar-refractivity contribution in [1.82, 2.24) is 0 Å². The van der Waals surface area contributed by atoms with Gasteiger partial charge in [0.1, 0.15) is 5.76 Å². The first-order chi connectivity index (χ1) is 9.78. The highest BCUT2D eigenvalue weighted by Crippen LogP contribution is 2.39. The molecule has 1 atom stereocenters. The van der Waals surface area contributed by atoms with Crippen LogP contribution in [0.25, 0.3) is 0 Å². The van der Waals surface area contributed by atoms with Crippen molar-refractivity contribution in [3.05, 3.63) is 53.3 Å². The van der Waals surface area contributed by atoms with E-state index in [0.29, 0.717) is 0 Å². The third kappa shape index (κ3) is 2.80. The summed E-state index contributed by atoms with van der Waals surface area (Å²) in [7, 11) is -0.827. The van der Waals surface area contributed by atoms with Gasteiger partial charge in [-0.25, -0.2) is 0 Å². The van der Waals surface area contributed by atoms with Crippen LogP contribution in [-0.4, -0.2) is 29.0 Å². The summed E-state index contributed by atoms with van der Waals surface area (Å²) < 4.78 is 5.66. The lowest BCUT2D eigenvalue weighted by molar-refractivity contribution is 0.286. The van der Waals surface area contributed by atoms with Gasteiger partial charge in [0.05, 0.1) is 11.8 Å². The maximum absolute atomic E-state index is 10.2. The summed E-state index contributed by atoms with van der Waals surface area (Å²) in [5.41, 5.74) is 2.03. The van der Waals surface area contributed by atoms with Crippen molar-refractivity contribution in [3.63, 3.8) is 0 Å². The maximum atomic E-state index is 10.2. The normalized spacial score (nSPS) is 22.2. The standard InChI is InChI=1S/C15H17BO3S/c17-10-12-6-4-5-11-9-14(16(18)19-15(11)12)20-13-7-2-1-3-8-13/h1-3,6-8,14,17-18H,4-5,9-10H2. The number of allylic oxidation sites excluding steroid dienone is 2. The molecule has 0 saturated heterocycles. The summed E-state index contributed by atoms with van der Waals surface area (Å²) in [6, 6.07) is 10.1. The molecule has 0 aromatic heterocycles. The van der Waals surface area contributed by atoms with Gasteiger partial charge in [0.25, 0.3) is 0 Å². The minimum absolute atomic E-state index is 0.00851. The van der Waals surface area contributed by atoms with Crippen molar-refractivity contribution in [2.24, 2.45) is 0 Å². The van der Waals surface area contributed by atoms with E-state index in [0.717, 1.165) is 35.5 Å². The van der Waals surface area contributed by atoms with Crippen LogP contribution >= 0.6 is 11.8 Å². The quantitative estimate of drug-likeness (QED) is 0.839. The van der Waals surface area contributed by atoms with Crippen LogP contribution < -0.4 is 0 Å². The SMILES string of the molecule is OCC1=CCCC2=C1OB(O)C(Sc1ccccc1)C2. The average Bonchev–Trinajstić information content (AvgIpc) is 2.48. The van der Waals surface area contributed by atoms with Crippen LogP contribution in [0.2, 0.25) is 0 Å². The lowest BCUT2D eigenvalue weighted by atomic mass is 9.75. The fourth-order valence-corrected chi connectivity index (χ4v) is 3.78. The lowest BCUT2D eigenvalue weighted by Gasteiger charge is -2.32. The fourth-order valence-electron chi connectivity index (χ4n) is 2.66. The van der Waals surface area contributed by atoms with Gasteiger partial charge in [-0.05, 0) is 37.0 Å². The van der Waals surface area contributed by atoms with Gasteiger partial charge in [-0.1, -0.05) is 24.3 Å². The minimum Gasteiger partial charge on any atom is -0.535 e. The van der Waals surface area contributed by atoms with Crippen LogP contribution in [0, 0.1) is 0 Å². The number of hydrogen-bond donors (Lipinski definition) is 2. The van der Waals surface area contributed by atoms with E-state index in [1.807, 2.05) is 36.4 Å². The van der Waals surface area contributed by atoms with Crippen LogP contribution in [0.3, 0.4) is 0 Å². The molecule has 0 spiro atoms. The minimum atomic E-state index is -0.827. The van der Waals surface area contributed by atoms with E-state index in [-0.39, 0.29) is 11.8 Å². The average molecular weight is 288 g/mol. The molecule has 1 heterocycles. The number of aliphatic hydroxyl groups is 1. The summed E-state index contributed by atoms with van der Waals surface area (Å²) in [6.45, 7) is -0.0257. The molecule has 3 nitrogen and oxygen atoms in total. The van der Waals surface area contributed by atoms with Crippen LogP contribution in [-0.2, 0) is 4.65 Å². The van der Waals surface area contributed by atoms with Crippen LogP contribution in [0.1, 0.15) is 19.3 Å². The van der Waals surface area contributed by atoms with Crippen molar-refractivity contribution in [2.75, 3.05) is 6.61 Å². The topological polar surface area (TPSA) is 49.7 Å². The molecule has 0 radical (unpaired) electrons. The van der Waals surface area contributed by atoms with E-state index >= 15 is 0 Å². The molecule has 104 valence electrons. The summed E-state index contributed by atoms with van der Waals surface area (Å²) >= 11 is 1.65. The van der Waals surface area contributed by atoms with E-state index in [1.165, 1.54) is 5.57 Å². The maximum Gasteiger partial charge on any atom is 0.537 e. The molecule has 5 heteroatoms. The number of hydrogen-bond acceptors (Lipinski definition) is 4. The number of aliphatic hydroxyl groups excluding tert-OH is 1. The fraction of sp³-hybridized carbons (Fsp3) is 0.333. The summed E-state index contributed by atoms with van der Waals surface area (Å²) in [6.07, 6.45) is 4.71. The Labute approximate surface area is 123 Å². The van der Waals surface area contributed by atoms with E-state index in [4.69, 9.17) is 4.65 Å². The molecular formula is C15H17BO3S. The first-order valence-electron chi connectivity index (χ1n) is 6.86. The van der Waals surface area contributed by atoms with Crippen molar-refractivity contribution in [3.8, 4) is 0 Å². The molecular weight excluding hydrogens is 271 g/mol. The molecule has 1 aliphatic heterocycles. The van der Waals surface area contributed by atoms with Gasteiger partial charge >= 0.3 is 7.12 Å². The molecule has 0 saturated carbocycles. The predicted molar refractivity (Wildman–Crippen MR) is 81.2 cm³/mol. The Morgan fingerprint density at radius 1 is 1.30 bits per heavy atom. The zero-order valence-corrected chi connectivity index (χ0v) is 12.0. The summed E-state index contributed by atoms with van der Waals surface area (Å²) in [5, 5.41) is 19.6. The highest BCUT2D eigenvalue weighted by atomic mass is 32.2. The second kappa shape index (κ2) is 6.08. The predicted octanol–water partition coefficient (Wildman–Crippen LogP) is 2.55. The summed E-state index contributed by atoms with van der Waals surface area (Å²) in [4.78, 5) is 1.14. The van der Waals surface area contributed by atoms with Crippen LogP contribution in [0.4, 0.5) is 0 Å². The zero-order valence-electron chi connectivity index (χ0n) is 11.2. The molecule has 3 rings (SSSR count). The second-order valence-electron chi connectivity index (χ2n) is 5.04. The van der Waals surface area contributed by atoms with E-state index in [9.17, 15) is 10.1 Å². The van der Waals surface area contributed by atoms with Gasteiger partial charge in [-0.2, -0.15) is 0 Å². The lowest BCUT2D eigenvalue weighted by Crippen LogP contribution is -2.37. The van der Waals surface area contributed by atoms with Crippen LogP contribution in [0.15, 0.2) is 58.2 Å². The highest BCUT2D eigenvalue weighted by Gasteiger charge is 2.38. The summed E-state index contributed by atoms with van der Waals surface area (Å²) in [5.74, 6) is 0.719. The van der Waals surface area contributed by atoms with Gasteiger partial charge in [-0.15, -0.1) is 11.8 Å². The molecule has 2 N–H and O–H groups in total. The molecule has 1 aromatic carbocycles. The third-order valence-corrected chi connectivity index (χ3v) is 4.90. The van der Waals surface area contributed by atoms with Gasteiger partial charge in [0, 0.05) is 10.5 Å². The van der Waals surface area contributed by atoms with E-state index < -0.39 is 7.12 Å². The van der Waals surface area contributed by atoms with Gasteiger partial charge in [-0.3, -0.25) is 0 Å². The number of thioether (sulfide) groups is 1. The van der Waals surface area contributed by atoms with Gasteiger partial charge < -0.3 is 14.8 Å². The molecule has 1 unspecified atom stereocenters. The highest BCUT2D eigenvalue weighted by molar-refractivity contribution is 8.01. The number of benzene rings is 1. The molecule has 1 aromatic rings. The third-order valence-electron chi connectivity index (χ3n) is 3.65. The Morgan fingerprint density at radius 3 is 2.85 bits per heavy atom. The van der Waals surface area contributed by atoms with Crippen molar-refractivity contribution in [1.29, 1.82) is 0 Å². The molecule has 20 heavy (non-hydrogen) atoms. The smallest absolute Gasteiger partial charge is 0.535 e. The molecule has 0 amide bonds. The molecule has 0 fully saturated rings. The van der Waals surface area contributed by atoms with Crippen molar-refractivity contribution in [2.45, 2.75) is 29.3 Å². The van der Waals surface area contributed by atoms with Crippen molar-refractivity contribution >= 4 is 18.9 Å². The van der Waals surface area contributed by atoms with Gasteiger partial charge in [0.15, 0.2) is 0 Å². The monoisotopic (exact) mass is 288 g/mol. The Bertz CT molecular complexity index is 541. The Kier molecular flexibility index (Phi) is 4.20. The Morgan fingerprint density at radius 2 is 2.10 bits per heavy atom. The zero-order chi connectivity index (χ0) is 13.9. The van der Waals surface area contributed by atoms with E-state index in [2.05, 4.69) is 0 Å². The van der Waals surface area contributed by atoms with Gasteiger partial charge in [0.2, 0.25) is 0 Å². The first-order valence-corrected chi connectivity index (χ1v) is 7.74. The van der Waals surface area contributed by atoms with E-state index in [1.54, 1.807) is 11.8 Å². The molecule has 1 aliphatic carbocycles. The Hall–Kier alpha value is -1.17. The Balaban J connectivity index is 1.77. The number of rotatable bonds is 3. The molecule has 2 aliphatic rings. The largest absolute Gasteiger partial charge is 0.537 e. The van der Waals surface area contributed by atoms with Crippen molar-refractivity contribution < 1.29 is 14.8 Å². The van der Waals surface area contributed by atoms with Crippen LogP contribution in [0.5, 0.6) is 0 Å². The molecule has 0 bridgehead atoms.